The Morgan fingerprint density at radius 2 is 2.24 bits per heavy atom. The second-order valence-corrected chi connectivity index (χ2v) is 6.52. The largest absolute Gasteiger partial charge is 0.440 e. The van der Waals surface area contributed by atoms with E-state index in [9.17, 15) is 0 Å². The van der Waals surface area contributed by atoms with E-state index in [1.165, 1.54) is 16.6 Å². The van der Waals surface area contributed by atoms with Gasteiger partial charge in [0, 0.05) is 16.8 Å². The Hall–Kier alpha value is -1.60. The number of aryl methyl sites for hydroxylation is 1. The van der Waals surface area contributed by atoms with Crippen molar-refractivity contribution in [3.8, 4) is 0 Å². The van der Waals surface area contributed by atoms with Gasteiger partial charge in [-0.3, -0.25) is 0 Å². The van der Waals surface area contributed by atoms with Crippen molar-refractivity contribution in [3.63, 3.8) is 0 Å². The SMILES string of the molecule is CCCNc1nc(Sc2ncco2)c2cc(CC)sc2n1. The van der Waals surface area contributed by atoms with E-state index in [4.69, 9.17) is 4.42 Å². The van der Waals surface area contributed by atoms with Crippen molar-refractivity contribution in [2.24, 2.45) is 0 Å². The molecule has 0 fully saturated rings. The fraction of sp³-hybridized carbons (Fsp3) is 0.357. The maximum absolute atomic E-state index is 5.31. The number of oxazole rings is 1. The summed E-state index contributed by atoms with van der Waals surface area (Å²) in [6, 6.07) is 2.16. The summed E-state index contributed by atoms with van der Waals surface area (Å²) in [5.74, 6) is 0.669. The number of fused-ring (bicyclic) bond motifs is 1. The van der Waals surface area contributed by atoms with E-state index >= 15 is 0 Å². The molecule has 0 aliphatic heterocycles. The third-order valence-electron chi connectivity index (χ3n) is 2.88. The van der Waals surface area contributed by atoms with Crippen molar-refractivity contribution >= 4 is 39.3 Å². The zero-order chi connectivity index (χ0) is 14.7. The van der Waals surface area contributed by atoms with Crippen LogP contribution in [0.25, 0.3) is 10.2 Å². The second-order valence-electron chi connectivity index (χ2n) is 4.46. The van der Waals surface area contributed by atoms with Gasteiger partial charge in [-0.15, -0.1) is 11.3 Å². The first-order chi connectivity index (χ1) is 10.3. The highest BCUT2D eigenvalue weighted by Gasteiger charge is 2.14. The van der Waals surface area contributed by atoms with Gasteiger partial charge in [0.25, 0.3) is 5.22 Å². The summed E-state index contributed by atoms with van der Waals surface area (Å²) in [5.41, 5.74) is 0. The van der Waals surface area contributed by atoms with Gasteiger partial charge in [-0.1, -0.05) is 13.8 Å². The summed E-state index contributed by atoms with van der Waals surface area (Å²) in [6.45, 7) is 5.13. The Kier molecular flexibility index (Phi) is 4.40. The molecule has 0 aliphatic carbocycles. The van der Waals surface area contributed by atoms with Crippen LogP contribution in [0.5, 0.6) is 0 Å². The van der Waals surface area contributed by atoms with Crippen LogP contribution >= 0.6 is 23.1 Å². The number of aromatic nitrogens is 3. The average Bonchev–Trinajstić information content (AvgIpc) is 3.13. The summed E-state index contributed by atoms with van der Waals surface area (Å²) in [6.07, 6.45) is 5.25. The number of nitrogens with one attached hydrogen (secondary N) is 1. The summed E-state index contributed by atoms with van der Waals surface area (Å²) >= 11 is 3.15. The van der Waals surface area contributed by atoms with Crippen LogP contribution in [-0.4, -0.2) is 21.5 Å². The zero-order valence-corrected chi connectivity index (χ0v) is 13.6. The molecule has 0 saturated heterocycles. The molecule has 0 saturated carbocycles. The van der Waals surface area contributed by atoms with Gasteiger partial charge in [-0.25, -0.2) is 15.0 Å². The molecule has 0 unspecified atom stereocenters. The Morgan fingerprint density at radius 3 is 2.95 bits per heavy atom. The van der Waals surface area contributed by atoms with Gasteiger partial charge in [0.1, 0.15) is 16.1 Å². The highest BCUT2D eigenvalue weighted by molar-refractivity contribution is 7.99. The summed E-state index contributed by atoms with van der Waals surface area (Å²) in [7, 11) is 0. The average molecular weight is 320 g/mol. The van der Waals surface area contributed by atoms with Crippen molar-refractivity contribution in [1.82, 2.24) is 15.0 Å². The number of hydrogen-bond acceptors (Lipinski definition) is 7. The first-order valence-corrected chi connectivity index (χ1v) is 8.55. The predicted octanol–water partition coefficient (Wildman–Crippen LogP) is 4.21. The smallest absolute Gasteiger partial charge is 0.261 e. The Labute approximate surface area is 131 Å². The number of thiophene rings is 1. The number of hydrogen-bond donors (Lipinski definition) is 1. The number of nitrogens with zero attached hydrogens (tertiary/aromatic N) is 3. The van der Waals surface area contributed by atoms with Crippen molar-refractivity contribution in [2.45, 2.75) is 36.9 Å². The molecule has 0 aromatic carbocycles. The van der Waals surface area contributed by atoms with Crippen LogP contribution in [0.15, 0.2) is 33.2 Å². The minimum atomic E-state index is 0.598. The summed E-state index contributed by atoms with van der Waals surface area (Å²) < 4.78 is 5.31. The molecule has 3 aromatic heterocycles. The highest BCUT2D eigenvalue weighted by Crippen LogP contribution is 2.35. The van der Waals surface area contributed by atoms with Gasteiger partial charge in [-0.2, -0.15) is 0 Å². The molecule has 0 bridgehead atoms. The molecule has 0 spiro atoms. The van der Waals surface area contributed by atoms with E-state index in [-0.39, 0.29) is 0 Å². The Bertz CT molecular complexity index is 724. The second kappa shape index (κ2) is 6.44. The lowest BCUT2D eigenvalue weighted by Crippen LogP contribution is -2.04. The van der Waals surface area contributed by atoms with Crippen LogP contribution < -0.4 is 5.32 Å². The van der Waals surface area contributed by atoms with Crippen molar-refractivity contribution in [1.29, 1.82) is 0 Å². The van der Waals surface area contributed by atoms with Crippen LogP contribution in [0.1, 0.15) is 25.1 Å². The van der Waals surface area contributed by atoms with Crippen molar-refractivity contribution in [3.05, 3.63) is 23.4 Å². The van der Waals surface area contributed by atoms with Gasteiger partial charge in [0.2, 0.25) is 5.95 Å². The molecular weight excluding hydrogens is 304 g/mol. The van der Waals surface area contributed by atoms with Gasteiger partial charge in [-0.05, 0) is 30.7 Å². The third kappa shape index (κ3) is 3.19. The first kappa shape index (κ1) is 14.3. The maximum Gasteiger partial charge on any atom is 0.261 e. The zero-order valence-electron chi connectivity index (χ0n) is 11.9. The maximum atomic E-state index is 5.31. The molecule has 0 atom stereocenters. The molecular formula is C14H16N4OS2. The molecule has 7 heteroatoms. The third-order valence-corrected chi connectivity index (χ3v) is 4.94. The van der Waals surface area contributed by atoms with Crippen LogP contribution in [0.4, 0.5) is 5.95 Å². The molecule has 0 radical (unpaired) electrons. The normalized spacial score (nSPS) is 11.1. The lowest BCUT2D eigenvalue weighted by Gasteiger charge is -2.05. The monoisotopic (exact) mass is 320 g/mol. The van der Waals surface area contributed by atoms with E-state index in [1.54, 1.807) is 23.8 Å². The predicted molar refractivity (Wildman–Crippen MR) is 86.2 cm³/mol. The minimum absolute atomic E-state index is 0.598. The number of anilines is 1. The van der Waals surface area contributed by atoms with Crippen LogP contribution in [0, 0.1) is 0 Å². The molecule has 1 N–H and O–H groups in total. The summed E-state index contributed by atoms with van der Waals surface area (Å²) in [5, 5.41) is 5.81. The first-order valence-electron chi connectivity index (χ1n) is 6.91. The van der Waals surface area contributed by atoms with Gasteiger partial charge in [0.05, 0.1) is 6.20 Å². The fourth-order valence-electron chi connectivity index (χ4n) is 1.86. The van der Waals surface area contributed by atoms with Crippen LogP contribution in [0.2, 0.25) is 0 Å². The van der Waals surface area contributed by atoms with Crippen LogP contribution in [0.3, 0.4) is 0 Å². The van der Waals surface area contributed by atoms with Gasteiger partial charge >= 0.3 is 0 Å². The van der Waals surface area contributed by atoms with Crippen LogP contribution in [-0.2, 0) is 6.42 Å². The standard InChI is InChI=1S/C14H16N4OS2/c1-3-5-15-13-17-11-10(8-9(4-2)20-11)12(18-13)21-14-16-6-7-19-14/h6-8H,3-5H2,1-2H3,(H,15,17,18). The van der Waals surface area contributed by atoms with E-state index in [1.807, 2.05) is 0 Å². The lowest BCUT2D eigenvalue weighted by atomic mass is 10.3. The summed E-state index contributed by atoms with van der Waals surface area (Å²) in [4.78, 5) is 15.7. The minimum Gasteiger partial charge on any atom is -0.440 e. The molecule has 3 heterocycles. The van der Waals surface area contributed by atoms with E-state index < -0.39 is 0 Å². The van der Waals surface area contributed by atoms with Gasteiger partial charge in [0.15, 0.2) is 0 Å². The Morgan fingerprint density at radius 1 is 1.33 bits per heavy atom. The topological polar surface area (TPSA) is 63.8 Å². The Balaban J connectivity index is 2.02. The van der Waals surface area contributed by atoms with E-state index in [0.29, 0.717) is 11.2 Å². The highest BCUT2D eigenvalue weighted by atomic mass is 32.2. The molecule has 110 valence electrons. The molecule has 21 heavy (non-hydrogen) atoms. The van der Waals surface area contributed by atoms with Crippen molar-refractivity contribution < 1.29 is 4.42 Å². The quantitative estimate of drug-likeness (QED) is 0.686. The van der Waals surface area contributed by atoms with E-state index in [2.05, 4.69) is 40.2 Å². The fourth-order valence-corrected chi connectivity index (χ4v) is 3.67. The van der Waals surface area contributed by atoms with Crippen molar-refractivity contribution in [2.75, 3.05) is 11.9 Å². The molecule has 0 aliphatic rings. The van der Waals surface area contributed by atoms with Gasteiger partial charge < -0.3 is 9.73 Å². The molecule has 5 nitrogen and oxygen atoms in total. The molecule has 0 amide bonds. The molecule has 3 rings (SSSR count). The molecule has 3 aromatic rings. The number of rotatable bonds is 6. The van der Waals surface area contributed by atoms with E-state index in [0.717, 1.165) is 34.6 Å². The lowest BCUT2D eigenvalue weighted by molar-refractivity contribution is 0.454.